The number of unbranched alkanes of at least 4 members (excludes halogenated alkanes) is 4. The minimum absolute atomic E-state index is 0.465. The zero-order chi connectivity index (χ0) is 13.9. The first-order valence-electron chi connectivity index (χ1n) is 6.96. The summed E-state index contributed by atoms with van der Waals surface area (Å²) in [5.74, 6) is -0.863. The van der Waals surface area contributed by atoms with E-state index in [1.807, 2.05) is 0 Å². The number of carboxylic acids is 1. The molecule has 0 aromatic rings. The maximum atomic E-state index is 10.2. The molecule has 0 amide bonds. The molecule has 0 rings (SSSR count). The number of rotatable bonds is 9. The lowest BCUT2D eigenvalue weighted by atomic mass is 9.89. The fraction of sp³-hybridized carbons (Fsp3) is 0.688. The van der Waals surface area contributed by atoms with Crippen LogP contribution in [0, 0.1) is 5.41 Å². The van der Waals surface area contributed by atoms with Crippen LogP contribution in [-0.2, 0) is 4.79 Å². The van der Waals surface area contributed by atoms with Crippen molar-refractivity contribution in [1.29, 1.82) is 0 Å². The molecule has 0 aromatic carbocycles. The molecule has 2 nitrogen and oxygen atoms in total. The minimum Gasteiger partial charge on any atom is -0.478 e. The highest BCUT2D eigenvalue weighted by Crippen LogP contribution is 2.22. The Morgan fingerprint density at radius 1 is 0.944 bits per heavy atom. The molecule has 0 saturated heterocycles. The molecule has 104 valence electrons. The Labute approximate surface area is 112 Å². The maximum absolute atomic E-state index is 10.2. The number of hydrogen-bond acceptors (Lipinski definition) is 1. The molecule has 0 aliphatic heterocycles. The second kappa shape index (κ2) is 9.93. The third-order valence-electron chi connectivity index (χ3n) is 2.72. The molecule has 0 unspecified atom stereocenters. The minimum atomic E-state index is -0.863. The van der Waals surface area contributed by atoms with Crippen molar-refractivity contribution in [2.45, 2.75) is 65.7 Å². The van der Waals surface area contributed by atoms with Crippen molar-refractivity contribution in [3.8, 4) is 0 Å². The van der Waals surface area contributed by atoms with Crippen LogP contribution in [-0.4, -0.2) is 11.1 Å². The van der Waals surface area contributed by atoms with E-state index >= 15 is 0 Å². The summed E-state index contributed by atoms with van der Waals surface area (Å²) in [4.78, 5) is 10.2. The zero-order valence-corrected chi connectivity index (χ0v) is 12.1. The van der Waals surface area contributed by atoms with Crippen LogP contribution >= 0.6 is 0 Å². The summed E-state index contributed by atoms with van der Waals surface area (Å²) in [5.41, 5.74) is 0.465. The van der Waals surface area contributed by atoms with Gasteiger partial charge >= 0.3 is 5.97 Å². The first-order valence-corrected chi connectivity index (χ1v) is 6.96. The average Bonchev–Trinajstić information content (AvgIpc) is 2.24. The standard InChI is InChI=1S/C16H28O2/c1-16(2,3)14-12-10-8-6-4-5-7-9-11-13-15(17)18/h4-5,11,13H,6-10,12,14H2,1-3H3,(H,17,18). The molecule has 0 saturated carbocycles. The van der Waals surface area contributed by atoms with E-state index in [0.717, 1.165) is 19.3 Å². The topological polar surface area (TPSA) is 37.3 Å². The molecule has 0 bridgehead atoms. The van der Waals surface area contributed by atoms with Crippen molar-refractivity contribution in [1.82, 2.24) is 0 Å². The molecule has 18 heavy (non-hydrogen) atoms. The lowest BCUT2D eigenvalue weighted by Gasteiger charge is -2.17. The van der Waals surface area contributed by atoms with Crippen LogP contribution in [0.3, 0.4) is 0 Å². The van der Waals surface area contributed by atoms with Gasteiger partial charge in [0.15, 0.2) is 0 Å². The van der Waals surface area contributed by atoms with E-state index in [1.54, 1.807) is 6.08 Å². The maximum Gasteiger partial charge on any atom is 0.327 e. The average molecular weight is 252 g/mol. The highest BCUT2D eigenvalue weighted by atomic mass is 16.4. The normalized spacial score (nSPS) is 12.6. The van der Waals surface area contributed by atoms with Gasteiger partial charge in [0.2, 0.25) is 0 Å². The molecule has 0 aromatic heterocycles. The lowest BCUT2D eigenvalue weighted by molar-refractivity contribution is -0.131. The summed E-state index contributed by atoms with van der Waals surface area (Å²) in [6.45, 7) is 6.87. The van der Waals surface area contributed by atoms with Crippen LogP contribution in [0.25, 0.3) is 0 Å². The first-order chi connectivity index (χ1) is 8.42. The van der Waals surface area contributed by atoms with Crippen molar-refractivity contribution < 1.29 is 9.90 Å². The fourth-order valence-corrected chi connectivity index (χ4v) is 1.71. The third-order valence-corrected chi connectivity index (χ3v) is 2.72. The van der Waals surface area contributed by atoms with Crippen LogP contribution in [0.5, 0.6) is 0 Å². The van der Waals surface area contributed by atoms with Gasteiger partial charge in [-0.1, -0.05) is 51.8 Å². The Morgan fingerprint density at radius 3 is 2.17 bits per heavy atom. The van der Waals surface area contributed by atoms with Gasteiger partial charge in [-0.2, -0.15) is 0 Å². The molecule has 0 heterocycles. The van der Waals surface area contributed by atoms with Crippen molar-refractivity contribution >= 4 is 5.97 Å². The van der Waals surface area contributed by atoms with Gasteiger partial charge in [0.25, 0.3) is 0 Å². The second-order valence-electron chi connectivity index (χ2n) is 5.95. The molecule has 0 radical (unpaired) electrons. The van der Waals surface area contributed by atoms with Crippen molar-refractivity contribution in [2.24, 2.45) is 5.41 Å². The quantitative estimate of drug-likeness (QED) is 0.358. The molecule has 0 atom stereocenters. The second-order valence-corrected chi connectivity index (χ2v) is 5.95. The Kier molecular flexibility index (Phi) is 9.35. The van der Waals surface area contributed by atoms with Gasteiger partial charge in [-0.25, -0.2) is 4.79 Å². The fourth-order valence-electron chi connectivity index (χ4n) is 1.71. The number of carboxylic acid groups (broad SMARTS) is 1. The van der Waals surface area contributed by atoms with Crippen LogP contribution in [0.2, 0.25) is 0 Å². The molecule has 1 N–H and O–H groups in total. The van der Waals surface area contributed by atoms with Crippen LogP contribution < -0.4 is 0 Å². The summed E-state index contributed by atoms with van der Waals surface area (Å²) < 4.78 is 0. The molecule has 0 aliphatic carbocycles. The predicted molar refractivity (Wildman–Crippen MR) is 77.7 cm³/mol. The summed E-state index contributed by atoms with van der Waals surface area (Å²) in [6.07, 6.45) is 15.4. The van der Waals surface area contributed by atoms with Crippen LogP contribution in [0.1, 0.15) is 65.7 Å². The van der Waals surface area contributed by atoms with E-state index in [1.165, 1.54) is 31.8 Å². The van der Waals surface area contributed by atoms with E-state index < -0.39 is 5.97 Å². The Bertz CT molecular complexity index is 269. The number of allylic oxidation sites excluding steroid dienone is 3. The summed E-state index contributed by atoms with van der Waals surface area (Å²) in [6, 6.07) is 0. The van der Waals surface area contributed by atoms with Crippen molar-refractivity contribution in [2.75, 3.05) is 0 Å². The van der Waals surface area contributed by atoms with Crippen molar-refractivity contribution in [3.63, 3.8) is 0 Å². The Morgan fingerprint density at radius 2 is 1.56 bits per heavy atom. The molecule has 0 spiro atoms. The van der Waals surface area contributed by atoms with Crippen LogP contribution in [0.4, 0.5) is 0 Å². The summed E-state index contributed by atoms with van der Waals surface area (Å²) in [5, 5.41) is 8.39. The summed E-state index contributed by atoms with van der Waals surface area (Å²) in [7, 11) is 0. The van der Waals surface area contributed by atoms with Gasteiger partial charge < -0.3 is 5.11 Å². The Hall–Kier alpha value is -1.05. The van der Waals surface area contributed by atoms with E-state index in [-0.39, 0.29) is 0 Å². The Balaban J connectivity index is 3.31. The largest absolute Gasteiger partial charge is 0.478 e. The van der Waals surface area contributed by atoms with E-state index in [0.29, 0.717) is 5.41 Å². The van der Waals surface area contributed by atoms with Gasteiger partial charge in [0, 0.05) is 6.08 Å². The molecular weight excluding hydrogens is 224 g/mol. The highest BCUT2D eigenvalue weighted by molar-refractivity contribution is 5.79. The van der Waals surface area contributed by atoms with Gasteiger partial charge in [0.1, 0.15) is 0 Å². The molecule has 0 aliphatic rings. The van der Waals surface area contributed by atoms with Crippen LogP contribution in [0.15, 0.2) is 24.3 Å². The number of carbonyl (C=O) groups is 1. The zero-order valence-electron chi connectivity index (χ0n) is 12.1. The lowest BCUT2D eigenvalue weighted by Crippen LogP contribution is -2.03. The SMILES string of the molecule is CC(C)(C)CCCCCC=CCCC=CC(=O)O. The van der Waals surface area contributed by atoms with Gasteiger partial charge in [0.05, 0.1) is 0 Å². The molecule has 0 fully saturated rings. The summed E-state index contributed by atoms with van der Waals surface area (Å²) >= 11 is 0. The third kappa shape index (κ3) is 14.9. The van der Waals surface area contributed by atoms with E-state index in [2.05, 4.69) is 32.9 Å². The van der Waals surface area contributed by atoms with Crippen molar-refractivity contribution in [3.05, 3.63) is 24.3 Å². The van der Waals surface area contributed by atoms with E-state index in [9.17, 15) is 4.79 Å². The first kappa shape index (κ1) is 16.9. The predicted octanol–water partition coefficient (Wildman–Crippen LogP) is 4.96. The van der Waals surface area contributed by atoms with Gasteiger partial charge in [-0.3, -0.25) is 0 Å². The number of aliphatic carboxylic acids is 1. The van der Waals surface area contributed by atoms with Gasteiger partial charge in [-0.15, -0.1) is 0 Å². The smallest absolute Gasteiger partial charge is 0.327 e. The highest BCUT2D eigenvalue weighted by Gasteiger charge is 2.08. The van der Waals surface area contributed by atoms with E-state index in [4.69, 9.17) is 5.11 Å². The molecular formula is C16H28O2. The van der Waals surface area contributed by atoms with Gasteiger partial charge in [-0.05, 0) is 37.5 Å². The number of hydrogen-bond donors (Lipinski definition) is 1. The monoisotopic (exact) mass is 252 g/mol. The molecule has 2 heteroatoms.